The van der Waals surface area contributed by atoms with Crippen LogP contribution < -0.4 is 0 Å². The molecular formula is C20H37N3S. The second kappa shape index (κ2) is 9.84. The highest BCUT2D eigenvalue weighted by molar-refractivity contribution is 7.99. The third-order valence-electron chi connectivity index (χ3n) is 5.00. The largest absolute Gasteiger partial charge is 0.302 e. The van der Waals surface area contributed by atoms with Crippen molar-refractivity contribution in [1.82, 2.24) is 14.8 Å². The standard InChI is InChI=1S/C20H37N3S/c1-5-6-7-8-9-13-16-24-19-22-21-18(20(2,3)4)23(19)17-14-11-10-12-15-17/h17H,5-16H2,1-4H3. The Labute approximate surface area is 153 Å². The molecule has 1 aromatic rings. The molecule has 0 spiro atoms. The van der Waals surface area contributed by atoms with Gasteiger partial charge in [0.1, 0.15) is 5.82 Å². The molecule has 0 amide bonds. The maximum absolute atomic E-state index is 4.59. The summed E-state index contributed by atoms with van der Waals surface area (Å²) in [5.74, 6) is 2.36. The second-order valence-electron chi connectivity index (χ2n) is 8.33. The lowest BCUT2D eigenvalue weighted by Gasteiger charge is -2.29. The Balaban J connectivity index is 1.94. The summed E-state index contributed by atoms with van der Waals surface area (Å²) in [6, 6.07) is 0.620. The highest BCUT2D eigenvalue weighted by atomic mass is 32.2. The van der Waals surface area contributed by atoms with Crippen molar-refractivity contribution in [3.63, 3.8) is 0 Å². The number of aromatic nitrogens is 3. The summed E-state index contributed by atoms with van der Waals surface area (Å²) in [6.45, 7) is 9.07. The van der Waals surface area contributed by atoms with E-state index in [9.17, 15) is 0 Å². The van der Waals surface area contributed by atoms with Gasteiger partial charge in [-0.25, -0.2) is 0 Å². The second-order valence-corrected chi connectivity index (χ2v) is 9.40. The van der Waals surface area contributed by atoms with E-state index in [1.165, 1.54) is 87.4 Å². The quantitative estimate of drug-likeness (QED) is 0.374. The van der Waals surface area contributed by atoms with E-state index in [0.717, 1.165) is 0 Å². The molecule has 1 aliphatic rings. The van der Waals surface area contributed by atoms with Gasteiger partial charge in [-0.1, -0.05) is 90.8 Å². The van der Waals surface area contributed by atoms with Crippen LogP contribution in [0.15, 0.2) is 5.16 Å². The molecule has 2 rings (SSSR count). The van der Waals surface area contributed by atoms with Crippen LogP contribution in [0.25, 0.3) is 0 Å². The number of hydrogen-bond acceptors (Lipinski definition) is 3. The molecule has 1 fully saturated rings. The predicted molar refractivity (Wildman–Crippen MR) is 105 cm³/mol. The number of thioether (sulfide) groups is 1. The van der Waals surface area contributed by atoms with Crippen LogP contribution in [-0.2, 0) is 5.41 Å². The first-order valence-corrected chi connectivity index (χ1v) is 11.1. The summed E-state index contributed by atoms with van der Waals surface area (Å²) >= 11 is 1.93. The van der Waals surface area contributed by atoms with Gasteiger partial charge in [0.05, 0.1) is 0 Å². The van der Waals surface area contributed by atoms with Gasteiger partial charge in [-0.05, 0) is 19.3 Å². The monoisotopic (exact) mass is 351 g/mol. The van der Waals surface area contributed by atoms with Crippen molar-refractivity contribution >= 4 is 11.8 Å². The van der Waals surface area contributed by atoms with Crippen molar-refractivity contribution in [2.24, 2.45) is 0 Å². The average Bonchev–Trinajstić information content (AvgIpc) is 2.99. The Morgan fingerprint density at radius 1 is 0.958 bits per heavy atom. The molecule has 24 heavy (non-hydrogen) atoms. The molecule has 1 aliphatic carbocycles. The molecule has 4 heteroatoms. The van der Waals surface area contributed by atoms with Gasteiger partial charge in [-0.3, -0.25) is 0 Å². The molecule has 0 saturated heterocycles. The summed E-state index contributed by atoms with van der Waals surface area (Å²) in [5, 5.41) is 10.3. The molecule has 1 saturated carbocycles. The minimum absolute atomic E-state index is 0.0728. The van der Waals surface area contributed by atoms with Crippen LogP contribution in [0.5, 0.6) is 0 Å². The van der Waals surface area contributed by atoms with Crippen LogP contribution in [0.2, 0.25) is 0 Å². The van der Waals surface area contributed by atoms with Crippen LogP contribution in [0.3, 0.4) is 0 Å². The van der Waals surface area contributed by atoms with Gasteiger partial charge >= 0.3 is 0 Å². The fourth-order valence-electron chi connectivity index (χ4n) is 3.60. The zero-order valence-electron chi connectivity index (χ0n) is 16.3. The van der Waals surface area contributed by atoms with Crippen LogP contribution in [0, 0.1) is 0 Å². The van der Waals surface area contributed by atoms with Gasteiger partial charge in [0, 0.05) is 17.2 Å². The zero-order chi connectivity index (χ0) is 17.4. The van der Waals surface area contributed by atoms with Crippen LogP contribution in [0.4, 0.5) is 0 Å². The van der Waals surface area contributed by atoms with E-state index < -0.39 is 0 Å². The first-order valence-electron chi connectivity index (χ1n) is 10.1. The molecular weight excluding hydrogens is 314 g/mol. The lowest BCUT2D eigenvalue weighted by atomic mass is 9.92. The minimum Gasteiger partial charge on any atom is -0.302 e. The minimum atomic E-state index is 0.0728. The third kappa shape index (κ3) is 5.79. The molecule has 1 heterocycles. The molecule has 0 bridgehead atoms. The smallest absolute Gasteiger partial charge is 0.191 e. The van der Waals surface area contributed by atoms with Crippen molar-refractivity contribution in [3.8, 4) is 0 Å². The molecule has 0 unspecified atom stereocenters. The van der Waals surface area contributed by atoms with Gasteiger partial charge in [0.2, 0.25) is 0 Å². The normalized spacial score (nSPS) is 16.7. The van der Waals surface area contributed by atoms with Crippen molar-refractivity contribution in [1.29, 1.82) is 0 Å². The molecule has 0 aliphatic heterocycles. The van der Waals surface area contributed by atoms with Crippen LogP contribution in [0.1, 0.15) is 110 Å². The summed E-state index contributed by atoms with van der Waals surface area (Å²) in [5.41, 5.74) is 0.0728. The first-order chi connectivity index (χ1) is 11.5. The summed E-state index contributed by atoms with van der Waals surface area (Å²) in [7, 11) is 0. The zero-order valence-corrected chi connectivity index (χ0v) is 17.1. The van der Waals surface area contributed by atoms with Crippen molar-refractivity contribution in [2.45, 2.75) is 115 Å². The van der Waals surface area contributed by atoms with Gasteiger partial charge in [-0.15, -0.1) is 10.2 Å². The van der Waals surface area contributed by atoms with Crippen molar-refractivity contribution < 1.29 is 0 Å². The van der Waals surface area contributed by atoms with E-state index >= 15 is 0 Å². The van der Waals surface area contributed by atoms with Crippen LogP contribution in [-0.4, -0.2) is 20.5 Å². The van der Waals surface area contributed by atoms with Gasteiger partial charge in [-0.2, -0.15) is 0 Å². The summed E-state index contributed by atoms with van der Waals surface area (Å²) < 4.78 is 2.50. The molecule has 3 nitrogen and oxygen atoms in total. The van der Waals surface area contributed by atoms with E-state index in [4.69, 9.17) is 0 Å². The number of hydrogen-bond donors (Lipinski definition) is 0. The third-order valence-corrected chi connectivity index (χ3v) is 6.03. The van der Waals surface area contributed by atoms with Crippen molar-refractivity contribution in [2.75, 3.05) is 5.75 Å². The van der Waals surface area contributed by atoms with E-state index in [1.54, 1.807) is 0 Å². The van der Waals surface area contributed by atoms with E-state index in [2.05, 4.69) is 42.5 Å². The van der Waals surface area contributed by atoms with Crippen LogP contribution >= 0.6 is 11.8 Å². The van der Waals surface area contributed by atoms with Gasteiger partial charge in [0.25, 0.3) is 0 Å². The molecule has 0 radical (unpaired) electrons. The number of unbranched alkanes of at least 4 members (excludes halogenated alkanes) is 5. The summed E-state index contributed by atoms with van der Waals surface area (Å²) in [6.07, 6.45) is 14.9. The molecule has 0 N–H and O–H groups in total. The molecule has 138 valence electrons. The predicted octanol–water partition coefficient (Wildman–Crippen LogP) is 6.53. The van der Waals surface area contributed by atoms with Gasteiger partial charge in [0.15, 0.2) is 5.16 Å². The SMILES string of the molecule is CCCCCCCCSc1nnc(C(C)(C)C)n1C1CCCCC1. The Morgan fingerprint density at radius 2 is 1.62 bits per heavy atom. The fraction of sp³-hybridized carbons (Fsp3) is 0.900. The molecule has 0 atom stereocenters. The number of nitrogens with zero attached hydrogens (tertiary/aromatic N) is 3. The Kier molecular flexibility index (Phi) is 8.12. The maximum Gasteiger partial charge on any atom is 0.191 e. The van der Waals surface area contributed by atoms with Gasteiger partial charge < -0.3 is 4.57 Å². The Bertz CT molecular complexity index is 470. The van der Waals surface area contributed by atoms with E-state index in [1.807, 2.05) is 11.8 Å². The average molecular weight is 352 g/mol. The Hall–Kier alpha value is -0.510. The fourth-order valence-corrected chi connectivity index (χ4v) is 4.61. The first kappa shape index (κ1) is 19.8. The lowest BCUT2D eigenvalue weighted by molar-refractivity contribution is 0.315. The highest BCUT2D eigenvalue weighted by Gasteiger charge is 2.29. The maximum atomic E-state index is 4.59. The van der Waals surface area contributed by atoms with E-state index in [-0.39, 0.29) is 5.41 Å². The van der Waals surface area contributed by atoms with E-state index in [0.29, 0.717) is 6.04 Å². The summed E-state index contributed by atoms with van der Waals surface area (Å²) in [4.78, 5) is 0. The topological polar surface area (TPSA) is 30.7 Å². The van der Waals surface area contributed by atoms with Crippen molar-refractivity contribution in [3.05, 3.63) is 5.82 Å². The molecule has 1 aromatic heterocycles. The number of rotatable bonds is 9. The Morgan fingerprint density at radius 3 is 2.29 bits per heavy atom. The lowest BCUT2D eigenvalue weighted by Crippen LogP contribution is -2.24. The highest BCUT2D eigenvalue weighted by Crippen LogP contribution is 2.36. The molecule has 0 aromatic carbocycles.